The fourth-order valence-corrected chi connectivity index (χ4v) is 5.92. The van der Waals surface area contributed by atoms with Gasteiger partial charge in [0.15, 0.2) is 8.32 Å². The Morgan fingerprint density at radius 3 is 0.839 bits per heavy atom. The van der Waals surface area contributed by atoms with E-state index in [0.29, 0.717) is 0 Å². The van der Waals surface area contributed by atoms with E-state index in [0.717, 1.165) is 0 Å². The van der Waals surface area contributed by atoms with E-state index in [1.165, 1.54) is 160 Å². The van der Waals surface area contributed by atoms with E-state index in [-0.39, 0.29) is 0 Å². The molecule has 31 heavy (non-hydrogen) atoms. The second kappa shape index (κ2) is 24.8. The van der Waals surface area contributed by atoms with E-state index in [2.05, 4.69) is 20.0 Å². The maximum absolute atomic E-state index is 5.63. The van der Waals surface area contributed by atoms with Gasteiger partial charge in [-0.25, -0.2) is 0 Å². The molecule has 0 aliphatic heterocycles. The van der Waals surface area contributed by atoms with Crippen LogP contribution in [-0.2, 0) is 4.43 Å². The number of hydrogen-bond donors (Lipinski definition) is 0. The van der Waals surface area contributed by atoms with Gasteiger partial charge < -0.3 is 4.43 Å². The molecule has 0 amide bonds. The second-order valence-corrected chi connectivity index (χ2v) is 15.3. The van der Waals surface area contributed by atoms with Gasteiger partial charge in [-0.05, 0) is 19.1 Å². The average molecular weight is 455 g/mol. The zero-order chi connectivity index (χ0) is 22.9. The minimum atomic E-state index is -1.30. The van der Waals surface area contributed by atoms with Gasteiger partial charge in [-0.3, -0.25) is 0 Å². The smallest absolute Gasteiger partial charge is 0.186 e. The molecule has 0 unspecified atom stereocenters. The summed E-state index contributed by atoms with van der Waals surface area (Å²) in [5, 5.41) is 0. The molecule has 0 saturated carbocycles. The summed E-state index contributed by atoms with van der Waals surface area (Å²) >= 11 is 0. The van der Waals surface area contributed by atoms with Crippen LogP contribution in [0.3, 0.4) is 0 Å². The molecule has 0 aromatic rings. The van der Waals surface area contributed by atoms with Crippen molar-refractivity contribution < 1.29 is 4.43 Å². The average Bonchev–Trinajstić information content (AvgIpc) is 2.76. The molecule has 0 aliphatic rings. The first kappa shape index (κ1) is 31.2. The Morgan fingerprint density at radius 2 is 0.613 bits per heavy atom. The van der Waals surface area contributed by atoms with Crippen molar-refractivity contribution in [2.45, 2.75) is 180 Å². The van der Waals surface area contributed by atoms with Crippen LogP contribution in [0.4, 0.5) is 0 Å². The molecule has 0 aromatic heterocycles. The highest BCUT2D eigenvalue weighted by atomic mass is 28.4. The summed E-state index contributed by atoms with van der Waals surface area (Å²) in [6.45, 7) is 6.98. The molecule has 0 atom stereocenters. The van der Waals surface area contributed by atoms with Gasteiger partial charge in [-0.2, -0.15) is 0 Å². The van der Waals surface area contributed by atoms with Gasteiger partial charge in [-0.15, -0.1) is 0 Å². The van der Waals surface area contributed by atoms with Crippen LogP contribution in [0.25, 0.3) is 0 Å². The lowest BCUT2D eigenvalue weighted by atomic mass is 10.0. The zero-order valence-electron chi connectivity index (χ0n) is 22.6. The fourth-order valence-electron chi connectivity index (χ4n) is 4.62. The molecule has 1 nitrogen and oxygen atoms in total. The minimum Gasteiger partial charge on any atom is -0.420 e. The van der Waals surface area contributed by atoms with Crippen molar-refractivity contribution in [3.63, 3.8) is 0 Å². The molecular weight excluding hydrogens is 392 g/mol. The van der Waals surface area contributed by atoms with E-state index in [9.17, 15) is 0 Å². The van der Waals surface area contributed by atoms with Gasteiger partial charge in [0.25, 0.3) is 0 Å². The lowest BCUT2D eigenvalue weighted by Gasteiger charge is -2.19. The quantitative estimate of drug-likeness (QED) is 0.0932. The van der Waals surface area contributed by atoms with Crippen molar-refractivity contribution in [3.8, 4) is 0 Å². The Balaban J connectivity index is 3.05. The molecule has 188 valence electrons. The molecule has 0 aliphatic carbocycles. The number of unbranched alkanes of at least 4 members (excludes halogenated alkanes) is 23. The van der Waals surface area contributed by atoms with E-state index < -0.39 is 8.32 Å². The first-order valence-corrected chi connectivity index (χ1v) is 17.8. The highest BCUT2D eigenvalue weighted by Gasteiger charge is 2.19. The van der Waals surface area contributed by atoms with Crippen molar-refractivity contribution in [2.75, 3.05) is 7.11 Å². The van der Waals surface area contributed by atoms with Crippen LogP contribution in [0, 0.1) is 0 Å². The molecule has 0 N–H and O–H groups in total. The molecule has 0 spiro atoms. The normalized spacial score (nSPS) is 12.0. The van der Waals surface area contributed by atoms with Gasteiger partial charge in [-0.1, -0.05) is 161 Å². The predicted octanol–water partition coefficient (Wildman–Crippen LogP) is 11.2. The summed E-state index contributed by atoms with van der Waals surface area (Å²) in [4.78, 5) is 0. The van der Waals surface area contributed by atoms with Gasteiger partial charge in [0.05, 0.1) is 0 Å². The minimum absolute atomic E-state index is 1.30. The summed E-state index contributed by atoms with van der Waals surface area (Å²) in [5.74, 6) is 0. The third-order valence-electron chi connectivity index (χ3n) is 7.18. The first-order chi connectivity index (χ1) is 15.1. The fraction of sp³-hybridized carbons (Fsp3) is 1.00. The molecule has 0 fully saturated rings. The highest BCUT2D eigenvalue weighted by Crippen LogP contribution is 2.18. The summed E-state index contributed by atoms with van der Waals surface area (Å²) < 4.78 is 5.63. The Labute approximate surface area is 200 Å². The van der Waals surface area contributed by atoms with Crippen LogP contribution in [-0.4, -0.2) is 15.4 Å². The predicted molar refractivity (Wildman–Crippen MR) is 146 cm³/mol. The topological polar surface area (TPSA) is 9.23 Å². The molecular formula is C29H62OSi. The van der Waals surface area contributed by atoms with Crippen molar-refractivity contribution in [1.82, 2.24) is 0 Å². The third-order valence-corrected chi connectivity index (χ3v) is 9.85. The van der Waals surface area contributed by atoms with Crippen molar-refractivity contribution in [2.24, 2.45) is 0 Å². The lowest BCUT2D eigenvalue weighted by molar-refractivity contribution is 0.400. The summed E-state index contributed by atoms with van der Waals surface area (Å²) in [5.41, 5.74) is 0. The largest absolute Gasteiger partial charge is 0.420 e. The Hall–Kier alpha value is 0.177. The number of rotatable bonds is 26. The summed E-state index contributed by atoms with van der Waals surface area (Å²) in [7, 11) is 0.599. The van der Waals surface area contributed by atoms with Gasteiger partial charge in [0.2, 0.25) is 0 Å². The molecule has 2 heteroatoms. The van der Waals surface area contributed by atoms with Crippen LogP contribution >= 0.6 is 0 Å². The molecule has 0 saturated heterocycles. The van der Waals surface area contributed by atoms with E-state index >= 15 is 0 Å². The third kappa shape index (κ3) is 26.3. The van der Waals surface area contributed by atoms with Crippen LogP contribution in [0.5, 0.6) is 0 Å². The SMILES string of the molecule is CCCCCCCCCCCCCCCCCCCCCCCCCC[Si](C)(C)OC. The van der Waals surface area contributed by atoms with Crippen LogP contribution in [0.1, 0.15) is 161 Å². The molecule has 0 aromatic carbocycles. The Kier molecular flexibility index (Phi) is 25.0. The van der Waals surface area contributed by atoms with E-state index in [4.69, 9.17) is 4.43 Å². The maximum atomic E-state index is 5.63. The van der Waals surface area contributed by atoms with Crippen molar-refractivity contribution in [3.05, 3.63) is 0 Å². The molecule has 0 heterocycles. The Bertz CT molecular complexity index is 329. The molecule has 0 rings (SSSR count). The van der Waals surface area contributed by atoms with Gasteiger partial charge in [0.1, 0.15) is 0 Å². The van der Waals surface area contributed by atoms with Gasteiger partial charge in [0, 0.05) is 7.11 Å². The van der Waals surface area contributed by atoms with Crippen LogP contribution in [0.15, 0.2) is 0 Å². The maximum Gasteiger partial charge on any atom is 0.186 e. The van der Waals surface area contributed by atoms with E-state index in [1.807, 2.05) is 7.11 Å². The molecule has 0 bridgehead atoms. The zero-order valence-corrected chi connectivity index (χ0v) is 23.6. The first-order valence-electron chi connectivity index (χ1n) is 14.7. The van der Waals surface area contributed by atoms with Crippen LogP contribution < -0.4 is 0 Å². The van der Waals surface area contributed by atoms with Crippen LogP contribution in [0.2, 0.25) is 19.1 Å². The van der Waals surface area contributed by atoms with Crippen molar-refractivity contribution in [1.29, 1.82) is 0 Å². The summed E-state index contributed by atoms with van der Waals surface area (Å²) in [6.07, 6.45) is 35.1. The monoisotopic (exact) mass is 454 g/mol. The Morgan fingerprint density at radius 1 is 0.387 bits per heavy atom. The second-order valence-electron chi connectivity index (χ2n) is 10.8. The number of hydrogen-bond acceptors (Lipinski definition) is 1. The lowest BCUT2D eigenvalue weighted by Crippen LogP contribution is -2.27. The van der Waals surface area contributed by atoms with Gasteiger partial charge >= 0.3 is 0 Å². The summed E-state index contributed by atoms with van der Waals surface area (Å²) in [6, 6.07) is 1.34. The highest BCUT2D eigenvalue weighted by molar-refractivity contribution is 6.71. The van der Waals surface area contributed by atoms with E-state index in [1.54, 1.807) is 0 Å². The molecule has 0 radical (unpaired) electrons. The standard InChI is InChI=1S/C29H62OSi/c1-5-6-7-8-9-10-11-12-13-14-15-16-17-18-19-20-21-22-23-24-25-26-27-28-29-31(3,4)30-2/h5-29H2,1-4H3. The van der Waals surface area contributed by atoms with Crippen molar-refractivity contribution >= 4 is 8.32 Å².